The Bertz CT molecular complexity index is 1200. The lowest BCUT2D eigenvalue weighted by Gasteiger charge is -2.16. The van der Waals surface area contributed by atoms with Crippen molar-refractivity contribution < 1.29 is 14.4 Å². The standard InChI is InChI=1S/C20H17N5O3/c1-25-6-5-20(27,19(25)26)18-9-17(24-28-18)13-4-2-3-12(7-13)15-8-16-14(10-21-15)11-22-23-16/h2-4,7-11,27H,5-6H2,1H3,(H,22,23)/t20-/m1/s1. The Hall–Kier alpha value is -3.52. The molecule has 1 aliphatic heterocycles. The monoisotopic (exact) mass is 375 g/mol. The van der Waals surface area contributed by atoms with E-state index < -0.39 is 5.60 Å². The van der Waals surface area contributed by atoms with Crippen LogP contribution in [0.2, 0.25) is 0 Å². The summed E-state index contributed by atoms with van der Waals surface area (Å²) in [7, 11) is 1.66. The van der Waals surface area contributed by atoms with E-state index in [4.69, 9.17) is 4.52 Å². The molecule has 0 aliphatic carbocycles. The topological polar surface area (TPSA) is 108 Å². The van der Waals surface area contributed by atoms with Gasteiger partial charge in [-0.2, -0.15) is 5.10 Å². The van der Waals surface area contributed by atoms with Crippen LogP contribution in [-0.2, 0) is 10.4 Å². The summed E-state index contributed by atoms with van der Waals surface area (Å²) in [6.07, 6.45) is 3.78. The number of likely N-dealkylation sites (tertiary alicyclic amines) is 1. The number of hydrogen-bond donors (Lipinski definition) is 2. The average molecular weight is 375 g/mol. The Labute approximate surface area is 159 Å². The molecular formula is C20H17N5O3. The van der Waals surface area contributed by atoms with Gasteiger partial charge in [-0.1, -0.05) is 23.4 Å². The van der Waals surface area contributed by atoms with Crippen molar-refractivity contribution in [3.63, 3.8) is 0 Å². The highest BCUT2D eigenvalue weighted by molar-refractivity contribution is 5.88. The van der Waals surface area contributed by atoms with Gasteiger partial charge in [-0.15, -0.1) is 0 Å². The summed E-state index contributed by atoms with van der Waals surface area (Å²) < 4.78 is 5.34. The fraction of sp³-hybridized carbons (Fsp3) is 0.200. The Balaban J connectivity index is 1.50. The molecule has 8 heteroatoms. The van der Waals surface area contributed by atoms with E-state index in [2.05, 4.69) is 20.3 Å². The predicted molar refractivity (Wildman–Crippen MR) is 101 cm³/mol. The number of hydrogen-bond acceptors (Lipinski definition) is 6. The number of aromatic amines is 1. The van der Waals surface area contributed by atoms with Gasteiger partial charge in [-0.3, -0.25) is 14.9 Å². The minimum atomic E-state index is -1.65. The van der Waals surface area contributed by atoms with Gasteiger partial charge >= 0.3 is 0 Å². The van der Waals surface area contributed by atoms with E-state index in [-0.39, 0.29) is 18.1 Å². The lowest BCUT2D eigenvalue weighted by Crippen LogP contribution is -2.35. The first-order valence-electron chi connectivity index (χ1n) is 8.90. The number of carbonyl (C=O) groups is 1. The molecule has 28 heavy (non-hydrogen) atoms. The van der Waals surface area contributed by atoms with Crippen LogP contribution >= 0.6 is 0 Å². The number of carbonyl (C=O) groups excluding carboxylic acids is 1. The summed E-state index contributed by atoms with van der Waals surface area (Å²) >= 11 is 0. The first-order valence-corrected chi connectivity index (χ1v) is 8.90. The second-order valence-electron chi connectivity index (χ2n) is 7.02. The van der Waals surface area contributed by atoms with Crippen molar-refractivity contribution in [2.24, 2.45) is 0 Å². The summed E-state index contributed by atoms with van der Waals surface area (Å²) in [5.74, 6) is -0.208. The molecule has 2 N–H and O–H groups in total. The molecule has 5 rings (SSSR count). The quantitative estimate of drug-likeness (QED) is 0.569. The zero-order valence-corrected chi connectivity index (χ0v) is 15.1. The predicted octanol–water partition coefficient (Wildman–Crippen LogP) is 2.33. The molecule has 0 spiro atoms. The average Bonchev–Trinajstić information content (AvgIpc) is 3.45. The largest absolute Gasteiger partial charge is 0.373 e. The molecule has 3 aromatic heterocycles. The van der Waals surface area contributed by atoms with Gasteiger partial charge in [-0.25, -0.2) is 0 Å². The minimum Gasteiger partial charge on any atom is -0.373 e. The molecule has 4 heterocycles. The highest BCUT2D eigenvalue weighted by Crippen LogP contribution is 2.35. The number of amides is 1. The Morgan fingerprint density at radius 3 is 2.79 bits per heavy atom. The number of pyridine rings is 1. The van der Waals surface area contributed by atoms with Gasteiger partial charge in [0, 0.05) is 48.8 Å². The van der Waals surface area contributed by atoms with Crippen LogP contribution in [0, 0.1) is 0 Å². The maximum absolute atomic E-state index is 12.3. The SMILES string of the molecule is CN1CC[C@@](O)(c2cc(-c3cccc(-c4cc5[nH]ncc5cn4)c3)no2)C1=O. The van der Waals surface area contributed by atoms with Gasteiger partial charge < -0.3 is 14.5 Å². The zero-order chi connectivity index (χ0) is 19.3. The summed E-state index contributed by atoms with van der Waals surface area (Å²) in [5, 5.41) is 22.7. The highest BCUT2D eigenvalue weighted by atomic mass is 16.5. The third-order valence-electron chi connectivity index (χ3n) is 5.20. The van der Waals surface area contributed by atoms with E-state index in [1.807, 2.05) is 30.3 Å². The maximum atomic E-state index is 12.3. The normalized spacial score (nSPS) is 19.6. The molecule has 140 valence electrons. The van der Waals surface area contributed by atoms with Crippen molar-refractivity contribution in [3.05, 3.63) is 54.6 Å². The van der Waals surface area contributed by atoms with Crippen molar-refractivity contribution in [1.82, 2.24) is 25.2 Å². The molecule has 1 saturated heterocycles. The van der Waals surface area contributed by atoms with Gasteiger partial charge in [-0.05, 0) is 12.1 Å². The second-order valence-corrected chi connectivity index (χ2v) is 7.02. The van der Waals surface area contributed by atoms with E-state index in [0.29, 0.717) is 12.2 Å². The van der Waals surface area contributed by atoms with Crippen molar-refractivity contribution in [2.75, 3.05) is 13.6 Å². The number of aromatic nitrogens is 4. The van der Waals surface area contributed by atoms with E-state index >= 15 is 0 Å². The summed E-state index contributed by atoms with van der Waals surface area (Å²) in [5.41, 5.74) is 2.33. The Morgan fingerprint density at radius 2 is 2.00 bits per heavy atom. The molecule has 0 radical (unpaired) electrons. The number of benzene rings is 1. The Kier molecular flexibility index (Phi) is 3.56. The number of H-pyrrole nitrogens is 1. The number of fused-ring (bicyclic) bond motifs is 1. The third kappa shape index (κ3) is 2.49. The van der Waals surface area contributed by atoms with Crippen LogP contribution in [-0.4, -0.2) is 49.8 Å². The van der Waals surface area contributed by atoms with Gasteiger partial charge in [0.2, 0.25) is 5.60 Å². The van der Waals surface area contributed by atoms with Crippen molar-refractivity contribution in [1.29, 1.82) is 0 Å². The van der Waals surface area contributed by atoms with Crippen molar-refractivity contribution >= 4 is 16.8 Å². The molecular weight excluding hydrogens is 358 g/mol. The van der Waals surface area contributed by atoms with Crippen LogP contribution in [0.15, 0.2) is 53.3 Å². The van der Waals surface area contributed by atoms with Crippen molar-refractivity contribution in [2.45, 2.75) is 12.0 Å². The molecule has 0 saturated carbocycles. The molecule has 1 aromatic carbocycles. The minimum absolute atomic E-state index is 0.166. The first-order chi connectivity index (χ1) is 13.5. The maximum Gasteiger partial charge on any atom is 0.262 e. The third-order valence-corrected chi connectivity index (χ3v) is 5.20. The number of rotatable bonds is 3. The van der Waals surface area contributed by atoms with Crippen LogP contribution in [0.1, 0.15) is 12.2 Å². The van der Waals surface area contributed by atoms with Gasteiger partial charge in [0.25, 0.3) is 5.91 Å². The summed E-state index contributed by atoms with van der Waals surface area (Å²) in [6, 6.07) is 11.3. The van der Waals surface area contributed by atoms with E-state index in [0.717, 1.165) is 27.7 Å². The van der Waals surface area contributed by atoms with Crippen LogP contribution < -0.4 is 0 Å². The van der Waals surface area contributed by atoms with Gasteiger partial charge in [0.15, 0.2) is 5.76 Å². The molecule has 0 bridgehead atoms. The van der Waals surface area contributed by atoms with Crippen LogP contribution in [0.3, 0.4) is 0 Å². The van der Waals surface area contributed by atoms with Crippen LogP contribution in [0.5, 0.6) is 0 Å². The smallest absolute Gasteiger partial charge is 0.262 e. The molecule has 4 aromatic rings. The number of likely N-dealkylation sites (N-methyl/N-ethyl adjacent to an activating group) is 1. The molecule has 1 amide bonds. The number of aliphatic hydroxyl groups is 1. The van der Waals surface area contributed by atoms with Crippen LogP contribution in [0.4, 0.5) is 0 Å². The van der Waals surface area contributed by atoms with E-state index in [1.54, 1.807) is 25.5 Å². The number of nitrogens with one attached hydrogen (secondary N) is 1. The molecule has 1 fully saturated rings. The van der Waals surface area contributed by atoms with Crippen molar-refractivity contribution in [3.8, 4) is 22.5 Å². The second kappa shape index (κ2) is 6.00. The van der Waals surface area contributed by atoms with E-state index in [9.17, 15) is 9.90 Å². The highest BCUT2D eigenvalue weighted by Gasteiger charge is 2.48. The lowest BCUT2D eigenvalue weighted by atomic mass is 9.97. The van der Waals surface area contributed by atoms with Crippen LogP contribution in [0.25, 0.3) is 33.4 Å². The zero-order valence-electron chi connectivity index (χ0n) is 15.1. The Morgan fingerprint density at radius 1 is 1.18 bits per heavy atom. The fourth-order valence-electron chi connectivity index (χ4n) is 3.52. The summed E-state index contributed by atoms with van der Waals surface area (Å²) in [6.45, 7) is 0.475. The fourth-order valence-corrected chi connectivity index (χ4v) is 3.52. The van der Waals surface area contributed by atoms with Gasteiger partial charge in [0.05, 0.1) is 17.4 Å². The molecule has 1 atom stereocenters. The lowest BCUT2D eigenvalue weighted by molar-refractivity contribution is -0.144. The molecule has 8 nitrogen and oxygen atoms in total. The molecule has 1 aliphatic rings. The summed E-state index contributed by atoms with van der Waals surface area (Å²) in [4.78, 5) is 18.2. The first kappa shape index (κ1) is 16.6. The van der Waals surface area contributed by atoms with E-state index in [1.165, 1.54) is 4.90 Å². The van der Waals surface area contributed by atoms with Gasteiger partial charge in [0.1, 0.15) is 5.69 Å². The molecule has 0 unspecified atom stereocenters. The number of nitrogens with zero attached hydrogens (tertiary/aromatic N) is 4.